The first-order valence-corrected chi connectivity index (χ1v) is 5.44. The molecule has 0 saturated heterocycles. The molecule has 0 aromatic carbocycles. The molecule has 0 aromatic rings. The van der Waals surface area contributed by atoms with E-state index in [1.54, 1.807) is 0 Å². The second kappa shape index (κ2) is 3.37. The lowest BCUT2D eigenvalue weighted by atomic mass is 10.00. The zero-order valence-electron chi connectivity index (χ0n) is 8.34. The molecular formula is C11H21N. The molecule has 12 heavy (non-hydrogen) atoms. The summed E-state index contributed by atoms with van der Waals surface area (Å²) in [6, 6.07) is 0. The highest BCUT2D eigenvalue weighted by molar-refractivity contribution is 4.90. The van der Waals surface area contributed by atoms with Crippen molar-refractivity contribution in [2.24, 2.45) is 23.7 Å². The summed E-state index contributed by atoms with van der Waals surface area (Å²) in [6.45, 7) is 3.67. The van der Waals surface area contributed by atoms with Crippen molar-refractivity contribution in [1.82, 2.24) is 5.32 Å². The molecule has 1 nitrogen and oxygen atoms in total. The van der Waals surface area contributed by atoms with E-state index in [4.69, 9.17) is 0 Å². The summed E-state index contributed by atoms with van der Waals surface area (Å²) in [5, 5.41) is 3.31. The van der Waals surface area contributed by atoms with Crippen molar-refractivity contribution in [2.45, 2.75) is 32.6 Å². The lowest BCUT2D eigenvalue weighted by molar-refractivity contribution is 0.434. The third kappa shape index (κ3) is 1.52. The smallest absolute Gasteiger partial charge is 0.00233 e. The van der Waals surface area contributed by atoms with E-state index >= 15 is 0 Å². The van der Waals surface area contributed by atoms with E-state index < -0.39 is 0 Å². The first kappa shape index (κ1) is 8.55. The van der Waals surface area contributed by atoms with Crippen LogP contribution in [0, 0.1) is 23.7 Å². The van der Waals surface area contributed by atoms with Crippen LogP contribution in [-0.4, -0.2) is 13.6 Å². The molecule has 2 unspecified atom stereocenters. The molecule has 2 rings (SSSR count). The van der Waals surface area contributed by atoms with Gasteiger partial charge in [0.05, 0.1) is 0 Å². The molecule has 2 saturated carbocycles. The van der Waals surface area contributed by atoms with Crippen molar-refractivity contribution >= 4 is 0 Å². The molecule has 0 aromatic heterocycles. The maximum absolute atomic E-state index is 3.31. The van der Waals surface area contributed by atoms with Crippen molar-refractivity contribution in [1.29, 1.82) is 0 Å². The Morgan fingerprint density at radius 1 is 1.08 bits per heavy atom. The number of rotatable bonds is 2. The third-order valence-corrected chi connectivity index (χ3v) is 3.84. The van der Waals surface area contributed by atoms with E-state index in [2.05, 4.69) is 19.3 Å². The lowest BCUT2D eigenvalue weighted by Crippen LogP contribution is -2.17. The highest BCUT2D eigenvalue weighted by Crippen LogP contribution is 2.48. The highest BCUT2D eigenvalue weighted by atomic mass is 14.8. The fourth-order valence-electron chi connectivity index (χ4n) is 3.50. The molecule has 2 aliphatic rings. The van der Waals surface area contributed by atoms with Gasteiger partial charge in [0.2, 0.25) is 0 Å². The minimum Gasteiger partial charge on any atom is -0.319 e. The number of hydrogen-bond donors (Lipinski definition) is 1. The van der Waals surface area contributed by atoms with Gasteiger partial charge in [-0.2, -0.15) is 0 Å². The van der Waals surface area contributed by atoms with Gasteiger partial charge in [0, 0.05) is 0 Å². The Morgan fingerprint density at radius 3 is 2.17 bits per heavy atom. The molecule has 0 heterocycles. The molecule has 0 bridgehead atoms. The molecule has 1 N–H and O–H groups in total. The van der Waals surface area contributed by atoms with Crippen molar-refractivity contribution in [2.75, 3.05) is 13.6 Å². The Labute approximate surface area is 75.9 Å². The van der Waals surface area contributed by atoms with Crippen molar-refractivity contribution < 1.29 is 0 Å². The van der Waals surface area contributed by atoms with Gasteiger partial charge < -0.3 is 5.32 Å². The Bertz CT molecular complexity index is 141. The average Bonchev–Trinajstić information content (AvgIpc) is 2.44. The fraction of sp³-hybridized carbons (Fsp3) is 1.00. The van der Waals surface area contributed by atoms with Crippen LogP contribution < -0.4 is 5.32 Å². The zero-order valence-corrected chi connectivity index (χ0v) is 8.34. The second-order valence-electron chi connectivity index (χ2n) is 4.99. The van der Waals surface area contributed by atoms with E-state index in [0.29, 0.717) is 0 Å². The van der Waals surface area contributed by atoms with Crippen LogP contribution in [-0.2, 0) is 0 Å². The van der Waals surface area contributed by atoms with Crippen LogP contribution in [0.3, 0.4) is 0 Å². The Hall–Kier alpha value is -0.0400. The molecule has 0 amide bonds. The summed E-state index contributed by atoms with van der Waals surface area (Å²) in [5.74, 6) is 4.21. The molecule has 2 fully saturated rings. The van der Waals surface area contributed by atoms with Gasteiger partial charge in [0.15, 0.2) is 0 Å². The second-order valence-corrected chi connectivity index (χ2v) is 4.99. The molecule has 70 valence electrons. The van der Waals surface area contributed by atoms with Gasteiger partial charge in [-0.05, 0) is 62.9 Å². The van der Waals surface area contributed by atoms with Crippen LogP contribution in [0.4, 0.5) is 0 Å². The maximum atomic E-state index is 3.31. The zero-order chi connectivity index (χ0) is 8.55. The molecule has 0 radical (unpaired) electrons. The Kier molecular flexibility index (Phi) is 2.40. The summed E-state index contributed by atoms with van der Waals surface area (Å²) in [4.78, 5) is 0. The number of nitrogens with one attached hydrogen (secondary N) is 1. The highest BCUT2D eigenvalue weighted by Gasteiger charge is 2.39. The maximum Gasteiger partial charge on any atom is -0.00233 e. The first-order valence-electron chi connectivity index (χ1n) is 5.44. The van der Waals surface area contributed by atoms with Gasteiger partial charge in [0.25, 0.3) is 0 Å². The van der Waals surface area contributed by atoms with Crippen molar-refractivity contribution in [3.05, 3.63) is 0 Å². The fourth-order valence-corrected chi connectivity index (χ4v) is 3.50. The SMILES string of the molecule is CNCC1CC2CC(C)CC2C1. The third-order valence-electron chi connectivity index (χ3n) is 3.84. The normalized spacial score (nSPS) is 46.5. The van der Waals surface area contributed by atoms with Crippen LogP contribution in [0.5, 0.6) is 0 Å². The van der Waals surface area contributed by atoms with Crippen LogP contribution in [0.1, 0.15) is 32.6 Å². The van der Waals surface area contributed by atoms with Gasteiger partial charge in [0.1, 0.15) is 0 Å². The summed E-state index contributed by atoms with van der Waals surface area (Å²) in [6.07, 6.45) is 6.06. The quantitative estimate of drug-likeness (QED) is 0.665. The molecule has 2 atom stereocenters. The van der Waals surface area contributed by atoms with Gasteiger partial charge in [-0.3, -0.25) is 0 Å². The van der Waals surface area contributed by atoms with Gasteiger partial charge in [-0.25, -0.2) is 0 Å². The van der Waals surface area contributed by atoms with Crippen LogP contribution in [0.15, 0.2) is 0 Å². The molecule has 2 aliphatic carbocycles. The average molecular weight is 167 g/mol. The predicted molar refractivity (Wildman–Crippen MR) is 52.0 cm³/mol. The van der Waals surface area contributed by atoms with Crippen LogP contribution in [0.2, 0.25) is 0 Å². The van der Waals surface area contributed by atoms with E-state index in [-0.39, 0.29) is 0 Å². The summed E-state index contributed by atoms with van der Waals surface area (Å²) in [7, 11) is 2.08. The molecule has 0 spiro atoms. The van der Waals surface area contributed by atoms with Crippen molar-refractivity contribution in [3.63, 3.8) is 0 Å². The van der Waals surface area contributed by atoms with Crippen LogP contribution in [0.25, 0.3) is 0 Å². The number of fused-ring (bicyclic) bond motifs is 1. The summed E-state index contributed by atoms with van der Waals surface area (Å²) in [5.41, 5.74) is 0. The van der Waals surface area contributed by atoms with E-state index in [1.165, 1.54) is 32.2 Å². The van der Waals surface area contributed by atoms with Gasteiger partial charge >= 0.3 is 0 Å². The summed E-state index contributed by atoms with van der Waals surface area (Å²) < 4.78 is 0. The predicted octanol–water partition coefficient (Wildman–Crippen LogP) is 2.28. The Balaban J connectivity index is 1.85. The Morgan fingerprint density at radius 2 is 1.67 bits per heavy atom. The van der Waals surface area contributed by atoms with Crippen LogP contribution >= 0.6 is 0 Å². The minimum atomic E-state index is 0.998. The van der Waals surface area contributed by atoms with E-state index in [1.807, 2.05) is 0 Å². The molecular weight excluding hydrogens is 146 g/mol. The first-order chi connectivity index (χ1) is 5.79. The molecule has 1 heteroatoms. The number of hydrogen-bond acceptors (Lipinski definition) is 1. The van der Waals surface area contributed by atoms with E-state index in [9.17, 15) is 0 Å². The van der Waals surface area contributed by atoms with Crippen molar-refractivity contribution in [3.8, 4) is 0 Å². The standard InChI is InChI=1S/C11H21N/c1-8-3-10-5-9(7-12-2)6-11(10)4-8/h8-12H,3-7H2,1-2H3. The van der Waals surface area contributed by atoms with E-state index in [0.717, 1.165) is 23.7 Å². The summed E-state index contributed by atoms with van der Waals surface area (Å²) >= 11 is 0. The monoisotopic (exact) mass is 167 g/mol. The van der Waals surface area contributed by atoms with Gasteiger partial charge in [-0.15, -0.1) is 0 Å². The topological polar surface area (TPSA) is 12.0 Å². The largest absolute Gasteiger partial charge is 0.319 e. The lowest BCUT2D eigenvalue weighted by Gasteiger charge is -2.10. The minimum absolute atomic E-state index is 0.998. The van der Waals surface area contributed by atoms with Gasteiger partial charge in [-0.1, -0.05) is 6.92 Å². The molecule has 0 aliphatic heterocycles.